The quantitative estimate of drug-likeness (QED) is 0.805. The fourth-order valence-electron chi connectivity index (χ4n) is 3.03. The highest BCUT2D eigenvalue weighted by Gasteiger charge is 2.13. The molecule has 0 bridgehead atoms. The number of piperidine rings is 1. The van der Waals surface area contributed by atoms with Gasteiger partial charge < -0.3 is 10.2 Å². The van der Waals surface area contributed by atoms with Crippen LogP contribution in [0.25, 0.3) is 0 Å². The second-order valence-electron chi connectivity index (χ2n) is 6.26. The van der Waals surface area contributed by atoms with Crippen molar-refractivity contribution in [3.8, 4) is 0 Å². The van der Waals surface area contributed by atoms with Crippen LogP contribution in [0.2, 0.25) is 0 Å². The van der Waals surface area contributed by atoms with Crippen LogP contribution in [0.4, 0.5) is 17.2 Å². The molecule has 1 aromatic heterocycles. The highest BCUT2D eigenvalue weighted by atomic mass is 32.2. The van der Waals surface area contributed by atoms with Gasteiger partial charge in [-0.25, -0.2) is 18.1 Å². The van der Waals surface area contributed by atoms with Crippen molar-refractivity contribution in [3.05, 3.63) is 42.1 Å². The molecule has 3 rings (SSSR count). The van der Waals surface area contributed by atoms with Gasteiger partial charge in [0.25, 0.3) is 0 Å². The van der Waals surface area contributed by atoms with E-state index in [1.54, 1.807) is 24.3 Å². The average Bonchev–Trinajstić information content (AvgIpc) is 2.70. The number of benzene rings is 1. The summed E-state index contributed by atoms with van der Waals surface area (Å²) in [6.07, 6.45) is 3.75. The molecule has 0 atom stereocenters. The van der Waals surface area contributed by atoms with Crippen LogP contribution in [-0.4, -0.2) is 33.5 Å². The normalized spacial score (nSPS) is 14.3. The zero-order valence-electron chi connectivity index (χ0n) is 16.6. The summed E-state index contributed by atoms with van der Waals surface area (Å²) in [5.41, 5.74) is 2.95. The lowest BCUT2D eigenvalue weighted by molar-refractivity contribution is 0.577. The minimum Gasteiger partial charge on any atom is -0.371 e. The number of hydrogen-bond acceptors (Lipinski definition) is 5. The van der Waals surface area contributed by atoms with Crippen molar-refractivity contribution in [2.45, 2.75) is 44.9 Å². The summed E-state index contributed by atoms with van der Waals surface area (Å²) >= 11 is 0. The van der Waals surface area contributed by atoms with Gasteiger partial charge in [0.1, 0.15) is 5.82 Å². The Hall–Kier alpha value is -2.12. The maximum absolute atomic E-state index is 11.8. The third-order valence-electron chi connectivity index (χ3n) is 4.37. The number of nitrogens with one attached hydrogen (secondary N) is 2. The van der Waals surface area contributed by atoms with E-state index in [0.29, 0.717) is 0 Å². The molecule has 0 amide bonds. The number of pyridine rings is 1. The van der Waals surface area contributed by atoms with Crippen molar-refractivity contribution in [1.29, 1.82) is 0 Å². The van der Waals surface area contributed by atoms with Crippen LogP contribution in [0.3, 0.4) is 0 Å². The Kier molecular flexibility index (Phi) is 7.62. The SMILES string of the molecule is CC.CNS(=O)(=O)c1ccc(Nc2cc(N3CCCCC3)cc(C)n2)cc1. The molecule has 148 valence electrons. The third-order valence-corrected chi connectivity index (χ3v) is 5.80. The highest BCUT2D eigenvalue weighted by Crippen LogP contribution is 2.25. The molecule has 0 spiro atoms. The van der Waals surface area contributed by atoms with Crippen molar-refractivity contribution >= 4 is 27.2 Å². The van der Waals surface area contributed by atoms with Gasteiger partial charge in [0.15, 0.2) is 0 Å². The molecule has 2 aromatic rings. The first kappa shape index (κ1) is 21.2. The van der Waals surface area contributed by atoms with Gasteiger partial charge in [0.05, 0.1) is 4.90 Å². The smallest absolute Gasteiger partial charge is 0.240 e. The molecule has 0 radical (unpaired) electrons. The second-order valence-corrected chi connectivity index (χ2v) is 8.14. The summed E-state index contributed by atoms with van der Waals surface area (Å²) in [6.45, 7) is 8.15. The summed E-state index contributed by atoms with van der Waals surface area (Å²) in [5.74, 6) is 0.768. The lowest BCUT2D eigenvalue weighted by Crippen LogP contribution is -2.29. The molecule has 0 unspecified atom stereocenters. The van der Waals surface area contributed by atoms with Gasteiger partial charge in [0.2, 0.25) is 10.0 Å². The fraction of sp³-hybridized carbons (Fsp3) is 0.450. The molecule has 2 heterocycles. The number of anilines is 3. The van der Waals surface area contributed by atoms with Crippen LogP contribution in [0.15, 0.2) is 41.3 Å². The maximum Gasteiger partial charge on any atom is 0.240 e. The predicted octanol–water partition coefficient (Wildman–Crippen LogP) is 4.06. The van der Waals surface area contributed by atoms with E-state index in [1.807, 2.05) is 20.8 Å². The summed E-state index contributed by atoms with van der Waals surface area (Å²) < 4.78 is 25.9. The molecular weight excluding hydrogens is 360 g/mol. The van der Waals surface area contributed by atoms with Crippen molar-refractivity contribution in [2.24, 2.45) is 0 Å². The van der Waals surface area contributed by atoms with Gasteiger partial charge in [-0.2, -0.15) is 0 Å². The van der Waals surface area contributed by atoms with Crippen molar-refractivity contribution < 1.29 is 8.42 Å². The van der Waals surface area contributed by atoms with Gasteiger partial charge in [-0.05, 0) is 63.6 Å². The average molecular weight is 391 g/mol. The Labute approximate surface area is 163 Å². The number of aromatic nitrogens is 1. The molecule has 6 nitrogen and oxygen atoms in total. The van der Waals surface area contributed by atoms with Gasteiger partial charge in [0, 0.05) is 36.2 Å². The summed E-state index contributed by atoms with van der Waals surface area (Å²) in [7, 11) is -2.01. The summed E-state index contributed by atoms with van der Waals surface area (Å²) in [6, 6.07) is 10.8. The Morgan fingerprint density at radius 2 is 1.63 bits per heavy atom. The Bertz CT molecular complexity index is 830. The predicted molar refractivity (Wildman–Crippen MR) is 112 cm³/mol. The number of sulfonamides is 1. The number of aryl methyl sites for hydroxylation is 1. The first-order chi connectivity index (χ1) is 13.0. The highest BCUT2D eigenvalue weighted by molar-refractivity contribution is 7.89. The monoisotopic (exact) mass is 390 g/mol. The van der Waals surface area contributed by atoms with Crippen LogP contribution in [0, 0.1) is 6.92 Å². The molecule has 1 fully saturated rings. The molecule has 1 saturated heterocycles. The Balaban J connectivity index is 0.00000126. The molecule has 2 N–H and O–H groups in total. The van der Waals surface area contributed by atoms with Gasteiger partial charge in [-0.15, -0.1) is 0 Å². The van der Waals surface area contributed by atoms with Crippen LogP contribution in [0.1, 0.15) is 38.8 Å². The van der Waals surface area contributed by atoms with Crippen molar-refractivity contribution in [1.82, 2.24) is 9.71 Å². The topological polar surface area (TPSA) is 74.3 Å². The van der Waals surface area contributed by atoms with Crippen LogP contribution < -0.4 is 14.9 Å². The summed E-state index contributed by atoms with van der Waals surface area (Å²) in [4.78, 5) is 7.18. The van der Waals surface area contributed by atoms with Crippen molar-refractivity contribution in [2.75, 3.05) is 30.4 Å². The van der Waals surface area contributed by atoms with E-state index in [9.17, 15) is 8.42 Å². The molecule has 1 aromatic carbocycles. The molecular formula is C20H30N4O2S. The summed E-state index contributed by atoms with van der Waals surface area (Å²) in [5, 5.41) is 3.27. The first-order valence-corrected chi connectivity index (χ1v) is 11.0. The van der Waals surface area contributed by atoms with Crippen LogP contribution >= 0.6 is 0 Å². The van der Waals surface area contributed by atoms with Crippen LogP contribution in [-0.2, 0) is 10.0 Å². The van der Waals surface area contributed by atoms with Crippen molar-refractivity contribution in [3.63, 3.8) is 0 Å². The standard InChI is InChI=1S/C18H24N4O2S.C2H6/c1-14-12-16(22-10-4-3-5-11-22)13-18(20-14)21-15-6-8-17(9-7-15)25(23,24)19-2;1-2/h6-9,12-13,19H,3-5,10-11H2,1-2H3,(H,20,21);1-2H3. The largest absolute Gasteiger partial charge is 0.371 e. The maximum atomic E-state index is 11.8. The Morgan fingerprint density at radius 1 is 1.00 bits per heavy atom. The number of nitrogens with zero attached hydrogens (tertiary/aromatic N) is 2. The lowest BCUT2D eigenvalue weighted by atomic mass is 10.1. The van der Waals surface area contributed by atoms with Crippen LogP contribution in [0.5, 0.6) is 0 Å². The van der Waals surface area contributed by atoms with E-state index >= 15 is 0 Å². The second kappa shape index (κ2) is 9.71. The zero-order valence-corrected chi connectivity index (χ0v) is 17.4. The molecule has 1 aliphatic heterocycles. The van der Waals surface area contributed by atoms with Gasteiger partial charge in [-0.3, -0.25) is 0 Å². The lowest BCUT2D eigenvalue weighted by Gasteiger charge is -2.29. The number of rotatable bonds is 5. The minimum atomic E-state index is -3.42. The van der Waals surface area contributed by atoms with Gasteiger partial charge >= 0.3 is 0 Å². The van der Waals surface area contributed by atoms with E-state index in [2.05, 4.69) is 32.1 Å². The van der Waals surface area contributed by atoms with E-state index in [-0.39, 0.29) is 4.90 Å². The van der Waals surface area contributed by atoms with E-state index in [4.69, 9.17) is 0 Å². The fourth-order valence-corrected chi connectivity index (χ4v) is 3.76. The van der Waals surface area contributed by atoms with E-state index in [1.165, 1.54) is 32.0 Å². The Morgan fingerprint density at radius 3 is 2.22 bits per heavy atom. The zero-order chi connectivity index (χ0) is 19.9. The number of hydrogen-bond donors (Lipinski definition) is 2. The van der Waals surface area contributed by atoms with Gasteiger partial charge in [-0.1, -0.05) is 13.8 Å². The van der Waals surface area contributed by atoms with E-state index < -0.39 is 10.0 Å². The van der Waals surface area contributed by atoms with E-state index in [0.717, 1.165) is 30.3 Å². The minimum absolute atomic E-state index is 0.242. The molecule has 0 saturated carbocycles. The molecule has 27 heavy (non-hydrogen) atoms. The third kappa shape index (κ3) is 5.68. The molecule has 7 heteroatoms. The molecule has 1 aliphatic rings. The molecule has 0 aliphatic carbocycles. The first-order valence-electron chi connectivity index (χ1n) is 9.52.